The molecule has 1 heterocycles. The van der Waals surface area contributed by atoms with Gasteiger partial charge >= 0.3 is 0 Å². The molecule has 0 aliphatic rings. The van der Waals surface area contributed by atoms with Crippen LogP contribution in [-0.2, 0) is 0 Å². The van der Waals surface area contributed by atoms with Gasteiger partial charge in [-0.1, -0.05) is 11.6 Å². The van der Waals surface area contributed by atoms with Gasteiger partial charge in [0.15, 0.2) is 0 Å². The highest BCUT2D eigenvalue weighted by molar-refractivity contribution is 6.29. The van der Waals surface area contributed by atoms with Crippen molar-refractivity contribution in [3.8, 4) is 0 Å². The van der Waals surface area contributed by atoms with Gasteiger partial charge in [-0.25, -0.2) is 10.5 Å². The molecule has 0 atom stereocenters. The van der Waals surface area contributed by atoms with Crippen molar-refractivity contribution in [1.29, 1.82) is 0 Å². The topological polar surface area (TPSA) is 58.0 Å². The van der Waals surface area contributed by atoms with Crippen LogP contribution in [0, 0.1) is 0 Å². The predicted octanol–water partition coefficient (Wildman–Crippen LogP) is 0.931. The number of nitrogens with one attached hydrogen (secondary N) is 1. The maximum atomic E-state index is 8.23. The van der Waals surface area contributed by atoms with E-state index in [0.29, 0.717) is 5.15 Å². The van der Waals surface area contributed by atoms with Crippen LogP contribution in [-0.4, -0.2) is 15.2 Å². The smallest absolute Gasteiger partial charge is 0.248 e. The first-order valence-corrected chi connectivity index (χ1v) is 2.59. The summed E-state index contributed by atoms with van der Waals surface area (Å²) in [5.41, 5.74) is 1.76. The van der Waals surface area contributed by atoms with Crippen molar-refractivity contribution in [1.82, 2.24) is 9.97 Å². The minimum atomic E-state index is 0.0995. The van der Waals surface area contributed by atoms with Gasteiger partial charge in [0.1, 0.15) is 5.15 Å². The van der Waals surface area contributed by atoms with E-state index >= 15 is 0 Å². The average Bonchev–Trinajstić information content (AvgIpc) is 1.88. The van der Waals surface area contributed by atoms with Crippen LogP contribution in [0.2, 0.25) is 5.15 Å². The molecule has 0 bridgehead atoms. The molecule has 0 unspecified atom stereocenters. The lowest BCUT2D eigenvalue weighted by molar-refractivity contribution is 0.382. The van der Waals surface area contributed by atoms with E-state index in [-0.39, 0.29) is 5.95 Å². The van der Waals surface area contributed by atoms with Crippen LogP contribution in [0.25, 0.3) is 0 Å². The molecule has 48 valence electrons. The zero-order chi connectivity index (χ0) is 6.69. The second-order valence-electron chi connectivity index (χ2n) is 1.31. The molecule has 0 spiro atoms. The van der Waals surface area contributed by atoms with Crippen LogP contribution in [0.15, 0.2) is 12.3 Å². The molecule has 0 amide bonds. The summed E-state index contributed by atoms with van der Waals surface area (Å²) in [7, 11) is 0. The summed E-state index contributed by atoms with van der Waals surface area (Å²) in [4.78, 5) is 7.19. The zero-order valence-electron chi connectivity index (χ0n) is 4.37. The van der Waals surface area contributed by atoms with Gasteiger partial charge in [-0.2, -0.15) is 4.98 Å². The first-order valence-electron chi connectivity index (χ1n) is 2.21. The lowest BCUT2D eigenvalue weighted by Crippen LogP contribution is -1.95. The van der Waals surface area contributed by atoms with Crippen LogP contribution in [0.4, 0.5) is 5.95 Å². The normalized spacial score (nSPS) is 9.11. The second kappa shape index (κ2) is 2.61. The molecule has 1 rings (SSSR count). The summed E-state index contributed by atoms with van der Waals surface area (Å²) >= 11 is 5.42. The quantitative estimate of drug-likeness (QED) is 0.456. The van der Waals surface area contributed by atoms with Crippen molar-refractivity contribution in [2.45, 2.75) is 0 Å². The molecule has 0 saturated carbocycles. The molecule has 0 aliphatic carbocycles. The van der Waals surface area contributed by atoms with Gasteiger partial charge in [0, 0.05) is 6.20 Å². The number of hydrogen-bond donors (Lipinski definition) is 2. The molecule has 4 nitrogen and oxygen atoms in total. The highest BCUT2D eigenvalue weighted by Crippen LogP contribution is 2.03. The van der Waals surface area contributed by atoms with Crippen LogP contribution in [0.1, 0.15) is 0 Å². The zero-order valence-corrected chi connectivity index (χ0v) is 5.13. The van der Waals surface area contributed by atoms with Crippen molar-refractivity contribution in [3.63, 3.8) is 0 Å². The summed E-state index contributed by atoms with van der Waals surface area (Å²) in [5.74, 6) is 0.0995. The number of hydrogen-bond acceptors (Lipinski definition) is 4. The minimum Gasteiger partial charge on any atom is -0.288 e. The molecule has 0 saturated heterocycles. The Bertz CT molecular complexity index is 205. The van der Waals surface area contributed by atoms with Gasteiger partial charge in [-0.05, 0) is 6.07 Å². The molecule has 0 aliphatic heterocycles. The van der Waals surface area contributed by atoms with E-state index in [9.17, 15) is 0 Å². The van der Waals surface area contributed by atoms with E-state index in [0.717, 1.165) is 0 Å². The first-order chi connectivity index (χ1) is 4.33. The minimum absolute atomic E-state index is 0.0995. The summed E-state index contributed by atoms with van der Waals surface area (Å²) in [6.07, 6.45) is 1.44. The van der Waals surface area contributed by atoms with Crippen molar-refractivity contribution in [2.24, 2.45) is 0 Å². The lowest BCUT2D eigenvalue weighted by atomic mass is 10.7. The van der Waals surface area contributed by atoms with Gasteiger partial charge in [0.05, 0.1) is 0 Å². The number of rotatable bonds is 1. The third kappa shape index (κ3) is 1.51. The van der Waals surface area contributed by atoms with Crippen LogP contribution < -0.4 is 5.48 Å². The summed E-state index contributed by atoms with van der Waals surface area (Å²) in [5, 5.41) is 8.52. The van der Waals surface area contributed by atoms with Crippen molar-refractivity contribution in [3.05, 3.63) is 17.4 Å². The monoisotopic (exact) mass is 145 g/mol. The molecule has 1 aromatic rings. The Labute approximate surface area is 56.5 Å². The van der Waals surface area contributed by atoms with E-state index in [2.05, 4.69) is 9.97 Å². The first kappa shape index (κ1) is 6.25. The highest BCUT2D eigenvalue weighted by Gasteiger charge is 1.91. The van der Waals surface area contributed by atoms with E-state index in [4.69, 9.17) is 16.8 Å². The fourth-order valence-electron chi connectivity index (χ4n) is 0.391. The van der Waals surface area contributed by atoms with Gasteiger partial charge < -0.3 is 0 Å². The molecule has 2 N–H and O–H groups in total. The van der Waals surface area contributed by atoms with E-state index in [1.807, 2.05) is 0 Å². The Morgan fingerprint density at radius 2 is 2.44 bits per heavy atom. The van der Waals surface area contributed by atoms with E-state index in [1.165, 1.54) is 12.3 Å². The number of nitrogens with zero attached hydrogens (tertiary/aromatic N) is 2. The molecule has 5 heteroatoms. The van der Waals surface area contributed by atoms with Crippen molar-refractivity contribution in [2.75, 3.05) is 5.48 Å². The maximum Gasteiger partial charge on any atom is 0.248 e. The van der Waals surface area contributed by atoms with Gasteiger partial charge in [0.2, 0.25) is 5.95 Å². The molecular weight excluding hydrogens is 142 g/mol. The Morgan fingerprint density at radius 3 is 2.89 bits per heavy atom. The standard InChI is InChI=1S/C4H4ClN3O/c5-3-1-2-6-4(7-3)8-9/h1-2,9H,(H,6,7,8). The third-order valence-electron chi connectivity index (χ3n) is 0.722. The maximum absolute atomic E-state index is 8.23. The highest BCUT2D eigenvalue weighted by atomic mass is 35.5. The molecule has 0 radical (unpaired) electrons. The van der Waals surface area contributed by atoms with Gasteiger partial charge in [0.25, 0.3) is 0 Å². The molecule has 9 heavy (non-hydrogen) atoms. The van der Waals surface area contributed by atoms with Crippen molar-refractivity contribution < 1.29 is 5.21 Å². The molecular formula is C4H4ClN3O. The summed E-state index contributed by atoms with van der Waals surface area (Å²) < 4.78 is 0. The Balaban J connectivity index is 2.94. The van der Waals surface area contributed by atoms with Crippen LogP contribution in [0.3, 0.4) is 0 Å². The molecule has 0 aromatic carbocycles. The molecule has 0 fully saturated rings. The van der Waals surface area contributed by atoms with Gasteiger partial charge in [-0.15, -0.1) is 0 Å². The largest absolute Gasteiger partial charge is 0.288 e. The Hall–Kier alpha value is -0.870. The fraction of sp³-hybridized carbons (Fsp3) is 0. The SMILES string of the molecule is ONc1nccc(Cl)n1. The number of aromatic nitrogens is 2. The number of halogens is 1. The predicted molar refractivity (Wildman–Crippen MR) is 32.5 cm³/mol. The van der Waals surface area contributed by atoms with E-state index < -0.39 is 0 Å². The Morgan fingerprint density at radius 1 is 1.67 bits per heavy atom. The average molecular weight is 146 g/mol. The fourth-order valence-corrected chi connectivity index (χ4v) is 0.527. The van der Waals surface area contributed by atoms with E-state index in [1.54, 1.807) is 5.48 Å². The second-order valence-corrected chi connectivity index (χ2v) is 1.70. The van der Waals surface area contributed by atoms with Gasteiger partial charge in [-0.3, -0.25) is 5.21 Å². The lowest BCUT2D eigenvalue weighted by Gasteiger charge is -1.93. The summed E-state index contributed by atoms with van der Waals surface area (Å²) in [6, 6.07) is 1.52. The van der Waals surface area contributed by atoms with Crippen molar-refractivity contribution >= 4 is 17.5 Å². The summed E-state index contributed by atoms with van der Waals surface area (Å²) in [6.45, 7) is 0. The number of anilines is 1. The Kier molecular flexibility index (Phi) is 1.81. The third-order valence-corrected chi connectivity index (χ3v) is 0.932. The van der Waals surface area contributed by atoms with Crippen LogP contribution >= 0.6 is 11.6 Å². The van der Waals surface area contributed by atoms with Crippen LogP contribution in [0.5, 0.6) is 0 Å². The molecule has 1 aromatic heterocycles.